The molecule has 3 aromatic heterocycles. The molecule has 0 aliphatic carbocycles. The van der Waals surface area contributed by atoms with Gasteiger partial charge in [-0.1, -0.05) is 23.4 Å². The topological polar surface area (TPSA) is 107 Å². The van der Waals surface area contributed by atoms with Gasteiger partial charge in [0, 0.05) is 11.8 Å². The lowest BCUT2D eigenvalue weighted by molar-refractivity contribution is -0.120. The molecule has 142 valence electrons. The summed E-state index contributed by atoms with van der Waals surface area (Å²) in [7, 11) is 1.58. The molecule has 0 saturated carbocycles. The number of aromatic nitrogens is 5. The van der Waals surface area contributed by atoms with E-state index in [1.165, 1.54) is 0 Å². The van der Waals surface area contributed by atoms with Crippen LogP contribution in [0.3, 0.4) is 0 Å². The smallest absolute Gasteiger partial charge is 0.261 e. The normalized spacial score (nSPS) is 10.9. The molecule has 0 fully saturated rings. The number of hydrogen-bond donors (Lipinski definition) is 1. The van der Waals surface area contributed by atoms with Crippen LogP contribution in [0.15, 0.2) is 47.1 Å². The van der Waals surface area contributed by atoms with E-state index >= 15 is 0 Å². The van der Waals surface area contributed by atoms with Crippen LogP contribution in [0.4, 0.5) is 0 Å². The summed E-state index contributed by atoms with van der Waals surface area (Å²) in [6.45, 7) is 1.99. The number of hydrogen-bond acceptors (Lipinski definition) is 7. The van der Waals surface area contributed by atoms with Crippen molar-refractivity contribution in [2.75, 3.05) is 7.11 Å². The van der Waals surface area contributed by atoms with E-state index in [1.54, 1.807) is 18.4 Å². The summed E-state index contributed by atoms with van der Waals surface area (Å²) in [6, 6.07) is 11.1. The maximum Gasteiger partial charge on any atom is 0.261 e. The summed E-state index contributed by atoms with van der Waals surface area (Å²) in [5.41, 5.74) is 2.09. The molecule has 0 spiro atoms. The van der Waals surface area contributed by atoms with Gasteiger partial charge >= 0.3 is 0 Å². The van der Waals surface area contributed by atoms with E-state index in [0.717, 1.165) is 5.56 Å². The largest absolute Gasteiger partial charge is 0.496 e. The number of ether oxygens (including phenoxy) is 1. The van der Waals surface area contributed by atoms with Crippen LogP contribution in [0.25, 0.3) is 17.1 Å². The van der Waals surface area contributed by atoms with Crippen molar-refractivity contribution in [3.8, 4) is 17.2 Å². The third-order valence-electron chi connectivity index (χ3n) is 4.25. The first kappa shape index (κ1) is 17.7. The van der Waals surface area contributed by atoms with Crippen LogP contribution >= 0.6 is 0 Å². The molecule has 0 bridgehead atoms. The molecule has 0 aliphatic heterocycles. The van der Waals surface area contributed by atoms with Gasteiger partial charge in [0.25, 0.3) is 5.89 Å². The van der Waals surface area contributed by atoms with Gasteiger partial charge in [-0.2, -0.15) is 4.98 Å². The molecule has 0 saturated heterocycles. The quantitative estimate of drug-likeness (QED) is 0.546. The summed E-state index contributed by atoms with van der Waals surface area (Å²) >= 11 is 0. The van der Waals surface area contributed by atoms with E-state index in [9.17, 15) is 4.79 Å². The number of methoxy groups -OCH3 is 1. The number of nitrogens with zero attached hydrogens (tertiary/aromatic N) is 5. The molecule has 28 heavy (non-hydrogen) atoms. The zero-order chi connectivity index (χ0) is 19.5. The van der Waals surface area contributed by atoms with Crippen molar-refractivity contribution in [1.29, 1.82) is 0 Å². The molecule has 9 heteroatoms. The first-order chi connectivity index (χ1) is 13.7. The molecule has 0 atom stereocenters. The molecule has 0 radical (unpaired) electrons. The van der Waals surface area contributed by atoms with Gasteiger partial charge < -0.3 is 14.6 Å². The highest BCUT2D eigenvalue weighted by atomic mass is 16.5. The van der Waals surface area contributed by atoms with Crippen LogP contribution in [-0.2, 0) is 17.8 Å². The molecular formula is C19H18N6O3. The second-order valence-electron chi connectivity index (χ2n) is 6.14. The molecule has 4 aromatic rings. The van der Waals surface area contributed by atoms with Gasteiger partial charge in [0.2, 0.25) is 5.91 Å². The number of aryl methyl sites for hydroxylation is 1. The van der Waals surface area contributed by atoms with Gasteiger partial charge in [-0.3, -0.25) is 9.20 Å². The second kappa shape index (κ2) is 7.47. The van der Waals surface area contributed by atoms with E-state index in [4.69, 9.17) is 9.26 Å². The minimum Gasteiger partial charge on any atom is -0.496 e. The lowest BCUT2D eigenvalue weighted by atomic mass is 10.1. The van der Waals surface area contributed by atoms with Crippen LogP contribution in [0.2, 0.25) is 0 Å². The fraction of sp³-hybridized carbons (Fsp3) is 0.211. The number of nitrogens with one attached hydrogen (secondary N) is 1. The molecule has 1 aromatic carbocycles. The number of rotatable bonds is 6. The van der Waals surface area contributed by atoms with Crippen molar-refractivity contribution in [3.63, 3.8) is 0 Å². The molecule has 4 rings (SSSR count). The average Bonchev–Trinajstić information content (AvgIpc) is 3.33. The lowest BCUT2D eigenvalue weighted by Gasteiger charge is -2.08. The van der Waals surface area contributed by atoms with Crippen LogP contribution in [0.1, 0.15) is 17.2 Å². The van der Waals surface area contributed by atoms with Gasteiger partial charge in [0.1, 0.15) is 5.75 Å². The number of para-hydroxylation sites is 1. The van der Waals surface area contributed by atoms with E-state index in [1.807, 2.05) is 42.6 Å². The minimum absolute atomic E-state index is 0.134. The molecule has 3 heterocycles. The number of fused-ring (bicyclic) bond motifs is 1. The molecule has 1 N–H and O–H groups in total. The van der Waals surface area contributed by atoms with Crippen molar-refractivity contribution in [1.82, 2.24) is 30.1 Å². The third kappa shape index (κ3) is 3.41. The Bertz CT molecular complexity index is 1130. The van der Waals surface area contributed by atoms with Crippen LogP contribution < -0.4 is 10.1 Å². The molecule has 9 nitrogen and oxygen atoms in total. The Morgan fingerprint density at radius 2 is 2.07 bits per heavy atom. The SMILES string of the molecule is COc1ccccc1CC(=O)NCc1nnc2c(-c3nc(C)no3)cccn12. The molecule has 0 aliphatic rings. The summed E-state index contributed by atoms with van der Waals surface area (Å²) in [6.07, 6.45) is 2.04. The van der Waals surface area contributed by atoms with Crippen molar-refractivity contribution in [2.45, 2.75) is 19.9 Å². The maximum absolute atomic E-state index is 12.3. The summed E-state index contributed by atoms with van der Waals surface area (Å²) in [4.78, 5) is 16.6. The Labute approximate surface area is 160 Å². The fourth-order valence-electron chi connectivity index (χ4n) is 2.92. The van der Waals surface area contributed by atoms with Gasteiger partial charge in [-0.25, -0.2) is 0 Å². The first-order valence-electron chi connectivity index (χ1n) is 8.67. The standard InChI is InChI=1S/C19H18N6O3/c1-12-21-19(28-24-12)14-7-5-9-25-16(22-23-18(14)25)11-20-17(26)10-13-6-3-4-8-15(13)27-2/h3-9H,10-11H2,1-2H3,(H,20,26). The van der Waals surface area contributed by atoms with Crippen LogP contribution in [-0.4, -0.2) is 37.8 Å². The van der Waals surface area contributed by atoms with E-state index in [-0.39, 0.29) is 18.9 Å². The monoisotopic (exact) mass is 378 g/mol. The Hall–Kier alpha value is -3.75. The van der Waals surface area contributed by atoms with E-state index < -0.39 is 0 Å². The van der Waals surface area contributed by atoms with Crippen molar-refractivity contribution < 1.29 is 14.1 Å². The number of carbonyl (C=O) groups is 1. The summed E-state index contributed by atoms with van der Waals surface area (Å²) < 4.78 is 12.3. The maximum atomic E-state index is 12.3. The number of carbonyl (C=O) groups excluding carboxylic acids is 1. The molecular weight excluding hydrogens is 360 g/mol. The van der Waals surface area contributed by atoms with Crippen molar-refractivity contribution in [2.24, 2.45) is 0 Å². The van der Waals surface area contributed by atoms with Crippen molar-refractivity contribution >= 4 is 11.6 Å². The number of pyridine rings is 1. The molecule has 0 unspecified atom stereocenters. The fourth-order valence-corrected chi connectivity index (χ4v) is 2.92. The highest BCUT2D eigenvalue weighted by Gasteiger charge is 2.16. The first-order valence-corrected chi connectivity index (χ1v) is 8.67. The zero-order valence-electron chi connectivity index (χ0n) is 15.4. The zero-order valence-corrected chi connectivity index (χ0v) is 15.4. The average molecular weight is 378 g/mol. The van der Waals surface area contributed by atoms with E-state index in [2.05, 4.69) is 25.7 Å². The number of benzene rings is 1. The Morgan fingerprint density at radius 1 is 1.21 bits per heavy atom. The third-order valence-corrected chi connectivity index (χ3v) is 4.25. The van der Waals surface area contributed by atoms with Crippen molar-refractivity contribution in [3.05, 3.63) is 59.8 Å². The number of amides is 1. The van der Waals surface area contributed by atoms with Gasteiger partial charge in [0.15, 0.2) is 17.3 Å². The van der Waals surface area contributed by atoms with Crippen LogP contribution in [0.5, 0.6) is 5.75 Å². The summed E-state index contributed by atoms with van der Waals surface area (Å²) in [5.74, 6) is 2.07. The Balaban J connectivity index is 1.50. The minimum atomic E-state index is -0.134. The predicted molar refractivity (Wildman–Crippen MR) is 99.6 cm³/mol. The van der Waals surface area contributed by atoms with Gasteiger partial charge in [-0.05, 0) is 25.1 Å². The molecule has 1 amide bonds. The van der Waals surface area contributed by atoms with E-state index in [0.29, 0.717) is 34.5 Å². The predicted octanol–water partition coefficient (Wildman–Crippen LogP) is 1.96. The van der Waals surface area contributed by atoms with Gasteiger partial charge in [-0.15, -0.1) is 10.2 Å². The second-order valence-corrected chi connectivity index (χ2v) is 6.14. The van der Waals surface area contributed by atoms with Crippen LogP contribution in [0, 0.1) is 6.92 Å². The highest BCUT2D eigenvalue weighted by Crippen LogP contribution is 2.22. The highest BCUT2D eigenvalue weighted by molar-refractivity contribution is 5.79. The lowest BCUT2D eigenvalue weighted by Crippen LogP contribution is -2.25. The Kier molecular flexibility index (Phi) is 4.71. The van der Waals surface area contributed by atoms with Gasteiger partial charge in [0.05, 0.1) is 25.6 Å². The Morgan fingerprint density at radius 3 is 2.86 bits per heavy atom. The summed E-state index contributed by atoms with van der Waals surface area (Å²) in [5, 5.41) is 15.1.